The molecule has 0 saturated heterocycles. The Bertz CT molecular complexity index is 563. The van der Waals surface area contributed by atoms with Crippen LogP contribution in [0.5, 0.6) is 0 Å². The molecule has 2 N–H and O–H groups in total. The zero-order valence-corrected chi connectivity index (χ0v) is 12.1. The Morgan fingerprint density at radius 2 is 2.05 bits per heavy atom. The van der Waals surface area contributed by atoms with Crippen molar-refractivity contribution in [1.82, 2.24) is 5.32 Å². The van der Waals surface area contributed by atoms with Crippen LogP contribution >= 0.6 is 0 Å². The number of fused-ring (bicyclic) bond motifs is 1. The summed E-state index contributed by atoms with van der Waals surface area (Å²) in [4.78, 5) is 23.3. The quantitative estimate of drug-likeness (QED) is 0.874. The number of carboxylic acids is 1. The van der Waals surface area contributed by atoms with E-state index in [4.69, 9.17) is 0 Å². The van der Waals surface area contributed by atoms with Crippen LogP contribution in [0.15, 0.2) is 24.3 Å². The highest BCUT2D eigenvalue weighted by Gasteiger charge is 2.45. The number of rotatable bonds is 5. The summed E-state index contributed by atoms with van der Waals surface area (Å²) in [5.74, 6) is -0.580. The Kier molecular flexibility index (Phi) is 3.70. The van der Waals surface area contributed by atoms with Crippen LogP contribution in [0.4, 0.5) is 0 Å². The number of aryl methyl sites for hydroxylation is 1. The number of benzene rings is 1. The number of amides is 1. The van der Waals surface area contributed by atoms with Crippen molar-refractivity contribution in [3.63, 3.8) is 0 Å². The summed E-state index contributed by atoms with van der Waals surface area (Å²) >= 11 is 0. The number of carbonyl (C=O) groups excluding carboxylic acids is 1. The maximum atomic E-state index is 12.1. The first kappa shape index (κ1) is 14.1. The molecule has 0 spiro atoms. The Morgan fingerprint density at radius 3 is 2.71 bits per heavy atom. The molecule has 1 unspecified atom stereocenters. The third kappa shape index (κ3) is 2.67. The van der Waals surface area contributed by atoms with Crippen molar-refractivity contribution < 1.29 is 14.7 Å². The number of carbonyl (C=O) groups is 2. The van der Waals surface area contributed by atoms with Gasteiger partial charge >= 0.3 is 5.97 Å². The van der Waals surface area contributed by atoms with Crippen molar-refractivity contribution in [3.8, 4) is 0 Å². The molecular formula is C17H21NO3. The normalized spacial score (nSPS) is 22.2. The van der Waals surface area contributed by atoms with Crippen LogP contribution in [-0.4, -0.2) is 23.5 Å². The topological polar surface area (TPSA) is 66.4 Å². The summed E-state index contributed by atoms with van der Waals surface area (Å²) in [6.45, 7) is 0.617. The highest BCUT2D eigenvalue weighted by Crippen LogP contribution is 2.44. The standard InChI is InChI=1S/C17H21NO3/c19-15(10-17(16(20)21)8-3-9-17)18-11-13-7-6-12-4-1-2-5-14(12)13/h1-2,4-5,13H,3,6-11H2,(H,18,19)(H,20,21). The van der Waals surface area contributed by atoms with Gasteiger partial charge < -0.3 is 10.4 Å². The van der Waals surface area contributed by atoms with Crippen molar-refractivity contribution in [2.75, 3.05) is 6.54 Å². The lowest BCUT2D eigenvalue weighted by Crippen LogP contribution is -2.43. The monoisotopic (exact) mass is 287 g/mol. The fraction of sp³-hybridized carbons (Fsp3) is 0.529. The van der Waals surface area contributed by atoms with Crippen LogP contribution < -0.4 is 5.32 Å². The molecule has 0 bridgehead atoms. The molecule has 0 aromatic heterocycles. The maximum absolute atomic E-state index is 12.1. The minimum atomic E-state index is -0.824. The van der Waals surface area contributed by atoms with Crippen LogP contribution in [0.25, 0.3) is 0 Å². The zero-order valence-electron chi connectivity index (χ0n) is 12.1. The first-order chi connectivity index (χ1) is 10.1. The first-order valence-electron chi connectivity index (χ1n) is 7.69. The van der Waals surface area contributed by atoms with Crippen molar-refractivity contribution in [1.29, 1.82) is 0 Å². The summed E-state index contributed by atoms with van der Waals surface area (Å²) in [7, 11) is 0. The van der Waals surface area contributed by atoms with E-state index in [1.165, 1.54) is 11.1 Å². The molecule has 1 saturated carbocycles. The van der Waals surface area contributed by atoms with Crippen molar-refractivity contribution in [2.45, 2.75) is 44.4 Å². The van der Waals surface area contributed by atoms with Gasteiger partial charge in [-0.3, -0.25) is 9.59 Å². The highest BCUT2D eigenvalue weighted by atomic mass is 16.4. The van der Waals surface area contributed by atoms with Crippen LogP contribution in [-0.2, 0) is 16.0 Å². The number of aliphatic carboxylic acids is 1. The summed E-state index contributed by atoms with van der Waals surface area (Å²) in [5.41, 5.74) is 1.91. The molecule has 1 fully saturated rings. The number of nitrogens with one attached hydrogen (secondary N) is 1. The van der Waals surface area contributed by atoms with E-state index in [2.05, 4.69) is 17.4 Å². The lowest BCUT2D eigenvalue weighted by Gasteiger charge is -2.37. The van der Waals surface area contributed by atoms with E-state index in [1.54, 1.807) is 0 Å². The molecule has 3 rings (SSSR count). The Labute approximate surface area is 124 Å². The lowest BCUT2D eigenvalue weighted by atomic mass is 9.66. The molecule has 21 heavy (non-hydrogen) atoms. The molecule has 0 aliphatic heterocycles. The van der Waals surface area contributed by atoms with Gasteiger partial charge in [-0.1, -0.05) is 30.7 Å². The Morgan fingerprint density at radius 1 is 1.29 bits per heavy atom. The van der Waals surface area contributed by atoms with E-state index < -0.39 is 11.4 Å². The molecule has 1 atom stereocenters. The fourth-order valence-corrected chi connectivity index (χ4v) is 3.53. The second kappa shape index (κ2) is 5.51. The van der Waals surface area contributed by atoms with Gasteiger partial charge in [0.1, 0.15) is 0 Å². The van der Waals surface area contributed by atoms with Gasteiger partial charge in [0.25, 0.3) is 0 Å². The first-order valence-corrected chi connectivity index (χ1v) is 7.69. The molecule has 2 aliphatic carbocycles. The smallest absolute Gasteiger partial charge is 0.310 e. The predicted molar refractivity (Wildman–Crippen MR) is 79.1 cm³/mol. The van der Waals surface area contributed by atoms with Gasteiger partial charge in [-0.25, -0.2) is 0 Å². The van der Waals surface area contributed by atoms with Crippen LogP contribution in [0.3, 0.4) is 0 Å². The minimum absolute atomic E-state index is 0.122. The second-order valence-corrected chi connectivity index (χ2v) is 6.35. The minimum Gasteiger partial charge on any atom is -0.481 e. The number of carboxylic acid groups (broad SMARTS) is 1. The molecule has 1 amide bonds. The summed E-state index contributed by atoms with van der Waals surface area (Å²) in [5, 5.41) is 12.2. The summed E-state index contributed by atoms with van der Waals surface area (Å²) in [6, 6.07) is 8.36. The van der Waals surface area contributed by atoms with Gasteiger partial charge in [0, 0.05) is 18.9 Å². The molecule has 2 aliphatic rings. The molecule has 1 aromatic rings. The third-order valence-corrected chi connectivity index (χ3v) is 5.07. The van der Waals surface area contributed by atoms with Gasteiger partial charge in [0.2, 0.25) is 5.91 Å². The van der Waals surface area contributed by atoms with Crippen molar-refractivity contribution >= 4 is 11.9 Å². The highest BCUT2D eigenvalue weighted by molar-refractivity contribution is 5.85. The van der Waals surface area contributed by atoms with Gasteiger partial charge in [-0.05, 0) is 36.8 Å². The molecule has 0 heterocycles. The SMILES string of the molecule is O=C(CC1(C(=O)O)CCC1)NCC1CCc2ccccc21. The molecule has 112 valence electrons. The average Bonchev–Trinajstić information content (AvgIpc) is 2.83. The van der Waals surface area contributed by atoms with Gasteiger partial charge in [-0.2, -0.15) is 0 Å². The molecule has 4 nitrogen and oxygen atoms in total. The molecule has 4 heteroatoms. The molecular weight excluding hydrogens is 266 g/mol. The number of hydrogen-bond donors (Lipinski definition) is 2. The third-order valence-electron chi connectivity index (χ3n) is 5.07. The largest absolute Gasteiger partial charge is 0.481 e. The van der Waals surface area contributed by atoms with E-state index in [1.807, 2.05) is 12.1 Å². The second-order valence-electron chi connectivity index (χ2n) is 6.35. The van der Waals surface area contributed by atoms with E-state index >= 15 is 0 Å². The van der Waals surface area contributed by atoms with Crippen LogP contribution in [0.2, 0.25) is 0 Å². The van der Waals surface area contributed by atoms with Crippen LogP contribution in [0.1, 0.15) is 49.1 Å². The predicted octanol–water partition coefficient (Wildman–Crippen LogP) is 2.48. The van der Waals surface area contributed by atoms with Crippen LogP contribution in [0, 0.1) is 5.41 Å². The van der Waals surface area contributed by atoms with E-state index in [9.17, 15) is 14.7 Å². The Balaban J connectivity index is 1.54. The Hall–Kier alpha value is -1.84. The average molecular weight is 287 g/mol. The fourth-order valence-electron chi connectivity index (χ4n) is 3.53. The van der Waals surface area contributed by atoms with E-state index in [0.29, 0.717) is 25.3 Å². The number of hydrogen-bond acceptors (Lipinski definition) is 2. The van der Waals surface area contributed by atoms with E-state index in [-0.39, 0.29) is 12.3 Å². The van der Waals surface area contributed by atoms with Crippen molar-refractivity contribution in [3.05, 3.63) is 35.4 Å². The zero-order chi connectivity index (χ0) is 14.9. The summed E-state index contributed by atoms with van der Waals surface area (Å²) in [6.07, 6.45) is 4.41. The van der Waals surface area contributed by atoms with Crippen molar-refractivity contribution in [2.24, 2.45) is 5.41 Å². The molecule has 1 aromatic carbocycles. The van der Waals surface area contributed by atoms with E-state index in [0.717, 1.165) is 19.3 Å². The maximum Gasteiger partial charge on any atom is 0.310 e. The van der Waals surface area contributed by atoms with Gasteiger partial charge in [0.15, 0.2) is 0 Å². The van der Waals surface area contributed by atoms with Gasteiger partial charge in [-0.15, -0.1) is 0 Å². The molecule has 0 radical (unpaired) electrons. The lowest BCUT2D eigenvalue weighted by molar-refractivity contribution is -0.157. The summed E-state index contributed by atoms with van der Waals surface area (Å²) < 4.78 is 0. The van der Waals surface area contributed by atoms with Gasteiger partial charge in [0.05, 0.1) is 5.41 Å².